The van der Waals surface area contributed by atoms with Crippen LogP contribution in [0.4, 0.5) is 0 Å². The molecule has 0 aliphatic heterocycles. The summed E-state index contributed by atoms with van der Waals surface area (Å²) in [6.07, 6.45) is 1.03. The van der Waals surface area contributed by atoms with Gasteiger partial charge < -0.3 is 10.6 Å². The molecule has 1 atom stereocenters. The fourth-order valence-electron chi connectivity index (χ4n) is 1.05. The largest absolute Gasteiger partial charge is 0.324 e. The lowest BCUT2D eigenvalue weighted by Gasteiger charge is -2.13. The molecule has 0 amide bonds. The second kappa shape index (κ2) is 4.60. The SMILES string of the molecule is CN(C)CCC(N)c1ccsc1. The first-order valence-corrected chi connectivity index (χ1v) is 5.07. The second-order valence-corrected chi connectivity index (χ2v) is 4.04. The summed E-state index contributed by atoms with van der Waals surface area (Å²) in [5, 5.41) is 4.20. The van der Waals surface area contributed by atoms with Crippen LogP contribution in [-0.4, -0.2) is 25.5 Å². The molecule has 0 radical (unpaired) electrons. The number of hydrogen-bond acceptors (Lipinski definition) is 3. The maximum atomic E-state index is 5.97. The van der Waals surface area contributed by atoms with Crippen LogP contribution in [0, 0.1) is 0 Å². The van der Waals surface area contributed by atoms with Crippen LogP contribution in [0.1, 0.15) is 18.0 Å². The Morgan fingerprint density at radius 2 is 2.33 bits per heavy atom. The van der Waals surface area contributed by atoms with Crippen LogP contribution in [0.25, 0.3) is 0 Å². The molecule has 0 bridgehead atoms. The zero-order valence-corrected chi connectivity index (χ0v) is 8.47. The van der Waals surface area contributed by atoms with Crippen molar-refractivity contribution in [2.24, 2.45) is 5.73 Å². The number of thiophene rings is 1. The van der Waals surface area contributed by atoms with Gasteiger partial charge >= 0.3 is 0 Å². The molecule has 3 heteroatoms. The number of nitrogens with zero attached hydrogens (tertiary/aromatic N) is 1. The Morgan fingerprint density at radius 1 is 1.58 bits per heavy atom. The quantitative estimate of drug-likeness (QED) is 0.771. The average molecular weight is 184 g/mol. The predicted molar refractivity (Wildman–Crippen MR) is 54.4 cm³/mol. The van der Waals surface area contributed by atoms with E-state index >= 15 is 0 Å². The van der Waals surface area contributed by atoms with Gasteiger partial charge in [0.2, 0.25) is 0 Å². The van der Waals surface area contributed by atoms with E-state index in [9.17, 15) is 0 Å². The Hall–Kier alpha value is -0.380. The van der Waals surface area contributed by atoms with Crippen molar-refractivity contribution in [3.8, 4) is 0 Å². The van der Waals surface area contributed by atoms with Crippen molar-refractivity contribution in [1.82, 2.24) is 4.90 Å². The number of nitrogens with two attached hydrogens (primary N) is 1. The van der Waals surface area contributed by atoms with Gasteiger partial charge in [-0.15, -0.1) is 0 Å². The summed E-state index contributed by atoms with van der Waals surface area (Å²) in [4.78, 5) is 2.16. The maximum absolute atomic E-state index is 5.97. The zero-order valence-electron chi connectivity index (χ0n) is 7.66. The topological polar surface area (TPSA) is 29.3 Å². The van der Waals surface area contributed by atoms with Crippen molar-refractivity contribution in [2.45, 2.75) is 12.5 Å². The summed E-state index contributed by atoms with van der Waals surface area (Å²) in [6.45, 7) is 1.05. The molecule has 0 saturated carbocycles. The van der Waals surface area contributed by atoms with Gasteiger partial charge in [-0.1, -0.05) is 0 Å². The maximum Gasteiger partial charge on any atom is 0.0315 e. The molecule has 0 spiro atoms. The molecule has 2 N–H and O–H groups in total. The van der Waals surface area contributed by atoms with Gasteiger partial charge in [-0.25, -0.2) is 0 Å². The molecule has 0 aliphatic carbocycles. The molecule has 68 valence electrons. The summed E-state index contributed by atoms with van der Waals surface area (Å²) < 4.78 is 0. The standard InChI is InChI=1S/C9H16N2S/c1-11(2)5-3-9(10)8-4-6-12-7-8/h4,6-7,9H,3,5,10H2,1-2H3. The van der Waals surface area contributed by atoms with E-state index < -0.39 is 0 Å². The molecule has 0 fully saturated rings. The molecule has 12 heavy (non-hydrogen) atoms. The molecule has 1 aromatic rings. The van der Waals surface area contributed by atoms with Crippen LogP contribution >= 0.6 is 11.3 Å². The van der Waals surface area contributed by atoms with E-state index in [1.54, 1.807) is 11.3 Å². The van der Waals surface area contributed by atoms with E-state index in [2.05, 4.69) is 35.8 Å². The minimum Gasteiger partial charge on any atom is -0.324 e. The predicted octanol–water partition coefficient (Wildman–Crippen LogP) is 1.70. The third-order valence-corrected chi connectivity index (χ3v) is 2.56. The van der Waals surface area contributed by atoms with Crippen LogP contribution in [0.3, 0.4) is 0 Å². The molecule has 0 aliphatic rings. The van der Waals surface area contributed by atoms with Crippen LogP contribution < -0.4 is 5.73 Å². The van der Waals surface area contributed by atoms with Crippen molar-refractivity contribution in [1.29, 1.82) is 0 Å². The highest BCUT2D eigenvalue weighted by molar-refractivity contribution is 7.07. The summed E-state index contributed by atoms with van der Waals surface area (Å²) in [6, 6.07) is 2.31. The molecule has 2 nitrogen and oxygen atoms in total. The molecular weight excluding hydrogens is 168 g/mol. The summed E-state index contributed by atoms with van der Waals surface area (Å²) in [5.74, 6) is 0. The van der Waals surface area contributed by atoms with Crippen molar-refractivity contribution >= 4 is 11.3 Å². The van der Waals surface area contributed by atoms with E-state index in [0.717, 1.165) is 13.0 Å². The minimum absolute atomic E-state index is 0.207. The average Bonchev–Trinajstić information content (AvgIpc) is 2.51. The first-order valence-electron chi connectivity index (χ1n) is 4.12. The van der Waals surface area contributed by atoms with E-state index in [4.69, 9.17) is 5.73 Å². The number of rotatable bonds is 4. The fourth-order valence-corrected chi connectivity index (χ4v) is 1.77. The summed E-state index contributed by atoms with van der Waals surface area (Å²) >= 11 is 1.71. The molecule has 1 heterocycles. The lowest BCUT2D eigenvalue weighted by atomic mass is 10.1. The smallest absolute Gasteiger partial charge is 0.0315 e. The van der Waals surface area contributed by atoms with Crippen molar-refractivity contribution in [3.63, 3.8) is 0 Å². The summed E-state index contributed by atoms with van der Waals surface area (Å²) in [5.41, 5.74) is 7.23. The summed E-state index contributed by atoms with van der Waals surface area (Å²) in [7, 11) is 4.14. The van der Waals surface area contributed by atoms with Gasteiger partial charge in [0.25, 0.3) is 0 Å². The van der Waals surface area contributed by atoms with E-state index in [1.165, 1.54) is 5.56 Å². The van der Waals surface area contributed by atoms with Crippen molar-refractivity contribution < 1.29 is 0 Å². The molecule has 1 aromatic heterocycles. The lowest BCUT2D eigenvalue weighted by Crippen LogP contribution is -2.19. The Labute approximate surface area is 78.0 Å². The highest BCUT2D eigenvalue weighted by Gasteiger charge is 2.05. The van der Waals surface area contributed by atoms with Crippen LogP contribution in [0.15, 0.2) is 16.8 Å². The van der Waals surface area contributed by atoms with E-state index in [0.29, 0.717) is 0 Å². The first kappa shape index (κ1) is 9.71. The normalized spacial score (nSPS) is 13.7. The molecule has 0 saturated heterocycles. The Balaban J connectivity index is 2.34. The van der Waals surface area contributed by atoms with E-state index in [-0.39, 0.29) is 6.04 Å². The van der Waals surface area contributed by atoms with Crippen LogP contribution in [0.2, 0.25) is 0 Å². The molecular formula is C9H16N2S. The second-order valence-electron chi connectivity index (χ2n) is 3.26. The van der Waals surface area contributed by atoms with Gasteiger partial charge in [-0.2, -0.15) is 11.3 Å². The highest BCUT2D eigenvalue weighted by atomic mass is 32.1. The van der Waals surface area contributed by atoms with E-state index in [1.807, 2.05) is 0 Å². The minimum atomic E-state index is 0.207. The monoisotopic (exact) mass is 184 g/mol. The van der Waals surface area contributed by atoms with Gasteiger partial charge in [0.1, 0.15) is 0 Å². The van der Waals surface area contributed by atoms with Crippen LogP contribution in [0.5, 0.6) is 0 Å². The Kier molecular flexibility index (Phi) is 3.72. The molecule has 1 unspecified atom stereocenters. The van der Waals surface area contributed by atoms with Gasteiger partial charge in [-0.3, -0.25) is 0 Å². The van der Waals surface area contributed by atoms with Crippen LogP contribution in [-0.2, 0) is 0 Å². The van der Waals surface area contributed by atoms with Gasteiger partial charge in [-0.05, 0) is 49.5 Å². The first-order chi connectivity index (χ1) is 5.70. The van der Waals surface area contributed by atoms with Crippen molar-refractivity contribution in [2.75, 3.05) is 20.6 Å². The van der Waals surface area contributed by atoms with Gasteiger partial charge in [0.15, 0.2) is 0 Å². The third-order valence-electron chi connectivity index (χ3n) is 1.86. The fraction of sp³-hybridized carbons (Fsp3) is 0.556. The highest BCUT2D eigenvalue weighted by Crippen LogP contribution is 2.16. The Bertz CT molecular complexity index is 206. The number of hydrogen-bond donors (Lipinski definition) is 1. The van der Waals surface area contributed by atoms with Gasteiger partial charge in [0.05, 0.1) is 0 Å². The lowest BCUT2D eigenvalue weighted by molar-refractivity contribution is 0.383. The zero-order chi connectivity index (χ0) is 8.97. The Morgan fingerprint density at radius 3 is 2.83 bits per heavy atom. The van der Waals surface area contributed by atoms with Crippen molar-refractivity contribution in [3.05, 3.63) is 22.4 Å². The molecule has 1 rings (SSSR count). The third kappa shape index (κ3) is 2.93. The molecule has 0 aromatic carbocycles. The van der Waals surface area contributed by atoms with Gasteiger partial charge in [0, 0.05) is 6.04 Å².